The number of ether oxygens (including phenoxy) is 2. The topological polar surface area (TPSA) is 114 Å². The number of benzene rings is 4. The number of thiazole rings is 1. The molecule has 0 fully saturated rings. The average Bonchev–Trinajstić information content (AvgIpc) is 3.51. The Morgan fingerprint density at radius 2 is 1.71 bits per heavy atom. The van der Waals surface area contributed by atoms with Crippen LogP contribution in [0.2, 0.25) is 0 Å². The van der Waals surface area contributed by atoms with E-state index in [2.05, 4.69) is 48.7 Å². The van der Waals surface area contributed by atoms with E-state index in [4.69, 9.17) is 9.47 Å². The van der Waals surface area contributed by atoms with Gasteiger partial charge in [0.15, 0.2) is 23.2 Å². The number of amides is 2. The molecule has 9 nitrogen and oxygen atoms in total. The lowest BCUT2D eigenvalue weighted by Crippen LogP contribution is -2.20. The molecular weight excluding hydrogens is 701 g/mol. The second-order valence-electron chi connectivity index (χ2n) is 9.77. The SMILES string of the molecule is CCOc1cc(/C=N/NC(=O)c2ccc(-c3csc(Nc4ccccc4)n3)cc2)cc(I)c1OCC(=O)Nc1ccc(C)cc1. The summed E-state index contributed by atoms with van der Waals surface area (Å²) in [5, 5.41) is 13.0. The fraction of sp³-hybridized carbons (Fsp3) is 0.118. The van der Waals surface area contributed by atoms with E-state index in [0.29, 0.717) is 34.9 Å². The fourth-order valence-corrected chi connectivity index (χ4v) is 5.69. The van der Waals surface area contributed by atoms with Crippen molar-refractivity contribution in [1.29, 1.82) is 0 Å². The first-order valence-corrected chi connectivity index (χ1v) is 16.0. The van der Waals surface area contributed by atoms with Gasteiger partial charge in [0.25, 0.3) is 11.8 Å². The number of rotatable bonds is 12. The number of aromatic nitrogens is 1. The zero-order valence-electron chi connectivity index (χ0n) is 24.5. The summed E-state index contributed by atoms with van der Waals surface area (Å²) in [6, 6.07) is 28.2. The number of halogens is 1. The van der Waals surface area contributed by atoms with Gasteiger partial charge in [0.2, 0.25) is 0 Å². The van der Waals surface area contributed by atoms with Crippen LogP contribution in [-0.2, 0) is 4.79 Å². The Balaban J connectivity index is 1.17. The minimum atomic E-state index is -0.346. The summed E-state index contributed by atoms with van der Waals surface area (Å²) in [5.41, 5.74) is 8.23. The Kier molecular flexibility index (Phi) is 10.8. The molecule has 0 saturated carbocycles. The van der Waals surface area contributed by atoms with E-state index in [0.717, 1.165) is 31.2 Å². The Hall–Kier alpha value is -4.75. The zero-order chi connectivity index (χ0) is 31.6. The van der Waals surface area contributed by atoms with Crippen LogP contribution >= 0.6 is 33.9 Å². The molecule has 45 heavy (non-hydrogen) atoms. The maximum absolute atomic E-state index is 12.7. The first kappa shape index (κ1) is 31.7. The van der Waals surface area contributed by atoms with Crippen molar-refractivity contribution >= 4 is 68.5 Å². The molecule has 3 N–H and O–H groups in total. The molecule has 228 valence electrons. The molecular formula is C34H30IN5O4S. The summed E-state index contributed by atoms with van der Waals surface area (Å²) in [6.45, 7) is 4.07. The smallest absolute Gasteiger partial charge is 0.271 e. The number of hydrogen-bond donors (Lipinski definition) is 3. The Morgan fingerprint density at radius 3 is 2.44 bits per heavy atom. The number of carbonyl (C=O) groups excluding carboxylic acids is 2. The molecule has 0 unspecified atom stereocenters. The minimum Gasteiger partial charge on any atom is -0.490 e. The quantitative estimate of drug-likeness (QED) is 0.0691. The van der Waals surface area contributed by atoms with Crippen molar-refractivity contribution < 1.29 is 19.1 Å². The van der Waals surface area contributed by atoms with Crippen molar-refractivity contribution in [2.24, 2.45) is 5.10 Å². The summed E-state index contributed by atoms with van der Waals surface area (Å²) in [4.78, 5) is 29.8. The largest absolute Gasteiger partial charge is 0.490 e. The van der Waals surface area contributed by atoms with Gasteiger partial charge in [0.05, 0.1) is 22.1 Å². The van der Waals surface area contributed by atoms with Crippen LogP contribution in [0.4, 0.5) is 16.5 Å². The highest BCUT2D eigenvalue weighted by Gasteiger charge is 2.14. The predicted octanol–water partition coefficient (Wildman–Crippen LogP) is 7.65. The second kappa shape index (κ2) is 15.3. The van der Waals surface area contributed by atoms with Gasteiger partial charge < -0.3 is 20.1 Å². The van der Waals surface area contributed by atoms with Crippen molar-refractivity contribution in [3.8, 4) is 22.8 Å². The van der Waals surface area contributed by atoms with Crippen molar-refractivity contribution in [1.82, 2.24) is 10.4 Å². The van der Waals surface area contributed by atoms with Crippen LogP contribution in [0.5, 0.6) is 11.5 Å². The first-order chi connectivity index (χ1) is 21.9. The second-order valence-corrected chi connectivity index (χ2v) is 11.8. The van der Waals surface area contributed by atoms with E-state index in [1.807, 2.05) is 92.0 Å². The zero-order valence-corrected chi connectivity index (χ0v) is 27.5. The van der Waals surface area contributed by atoms with Crippen molar-refractivity contribution in [2.75, 3.05) is 23.8 Å². The molecule has 1 aromatic heterocycles. The molecule has 0 radical (unpaired) electrons. The number of nitrogens with one attached hydrogen (secondary N) is 3. The average molecular weight is 732 g/mol. The lowest BCUT2D eigenvalue weighted by atomic mass is 10.1. The van der Waals surface area contributed by atoms with Gasteiger partial charge in [-0.15, -0.1) is 11.3 Å². The van der Waals surface area contributed by atoms with Crippen LogP contribution in [0.1, 0.15) is 28.4 Å². The molecule has 0 aliphatic heterocycles. The third-order valence-electron chi connectivity index (χ3n) is 6.37. The first-order valence-electron chi connectivity index (χ1n) is 14.0. The maximum Gasteiger partial charge on any atom is 0.271 e. The van der Waals surface area contributed by atoms with Gasteiger partial charge in [0, 0.05) is 27.9 Å². The van der Waals surface area contributed by atoms with Gasteiger partial charge in [-0.05, 0) is 90.5 Å². The Bertz CT molecular complexity index is 1790. The van der Waals surface area contributed by atoms with Gasteiger partial charge in [-0.25, -0.2) is 10.4 Å². The molecule has 0 spiro atoms. The summed E-state index contributed by atoms with van der Waals surface area (Å²) < 4.78 is 12.3. The molecule has 1 heterocycles. The Labute approximate surface area is 278 Å². The molecule has 0 aliphatic carbocycles. The van der Waals surface area contributed by atoms with Gasteiger partial charge in [-0.1, -0.05) is 48.0 Å². The standard InChI is InChI=1S/C34H30IN5O4S/c1-3-43-30-18-23(17-28(35)32(30)44-20-31(41)37-27-15-9-22(2)10-16-27)19-36-40-33(42)25-13-11-24(12-14-25)29-21-45-34(39-29)38-26-7-5-4-6-8-26/h4-19,21H,3,20H2,1-2H3,(H,37,41)(H,38,39)(H,40,42)/b36-19+. The Morgan fingerprint density at radius 1 is 0.956 bits per heavy atom. The highest BCUT2D eigenvalue weighted by molar-refractivity contribution is 14.1. The number of hydrazone groups is 1. The normalized spacial score (nSPS) is 10.8. The molecule has 0 bridgehead atoms. The van der Waals surface area contributed by atoms with Crippen molar-refractivity contribution in [2.45, 2.75) is 13.8 Å². The lowest BCUT2D eigenvalue weighted by Gasteiger charge is -2.14. The van der Waals surface area contributed by atoms with Gasteiger partial charge in [-0.3, -0.25) is 9.59 Å². The van der Waals surface area contributed by atoms with E-state index in [1.165, 1.54) is 17.6 Å². The third kappa shape index (κ3) is 8.89. The molecule has 11 heteroatoms. The third-order valence-corrected chi connectivity index (χ3v) is 7.93. The van der Waals surface area contributed by atoms with Crippen LogP contribution in [0, 0.1) is 10.5 Å². The van der Waals surface area contributed by atoms with Gasteiger partial charge in [0.1, 0.15) is 0 Å². The minimum absolute atomic E-state index is 0.180. The van der Waals surface area contributed by atoms with E-state index in [-0.39, 0.29) is 18.4 Å². The molecule has 0 atom stereocenters. The number of para-hydroxylation sites is 1. The van der Waals surface area contributed by atoms with Gasteiger partial charge >= 0.3 is 0 Å². The summed E-state index contributed by atoms with van der Waals surface area (Å²) >= 11 is 3.63. The van der Waals surface area contributed by atoms with Crippen LogP contribution in [0.15, 0.2) is 101 Å². The predicted molar refractivity (Wildman–Crippen MR) is 188 cm³/mol. The number of aryl methyl sites for hydroxylation is 1. The molecule has 4 aromatic carbocycles. The number of hydrogen-bond acceptors (Lipinski definition) is 8. The summed E-state index contributed by atoms with van der Waals surface area (Å²) in [5.74, 6) is 0.303. The van der Waals surface area contributed by atoms with Crippen LogP contribution in [-0.4, -0.2) is 36.2 Å². The molecule has 0 aliphatic rings. The summed E-state index contributed by atoms with van der Waals surface area (Å²) in [6.07, 6.45) is 1.53. The number of carbonyl (C=O) groups is 2. The monoisotopic (exact) mass is 731 g/mol. The molecule has 5 rings (SSSR count). The summed E-state index contributed by atoms with van der Waals surface area (Å²) in [7, 11) is 0. The van der Waals surface area contributed by atoms with E-state index >= 15 is 0 Å². The van der Waals surface area contributed by atoms with E-state index in [9.17, 15) is 9.59 Å². The van der Waals surface area contributed by atoms with Crippen LogP contribution in [0.3, 0.4) is 0 Å². The van der Waals surface area contributed by atoms with Crippen molar-refractivity contribution in [3.63, 3.8) is 0 Å². The number of nitrogens with zero attached hydrogens (tertiary/aromatic N) is 2. The molecule has 0 saturated heterocycles. The van der Waals surface area contributed by atoms with Crippen LogP contribution in [0.25, 0.3) is 11.3 Å². The van der Waals surface area contributed by atoms with Crippen LogP contribution < -0.4 is 25.5 Å². The maximum atomic E-state index is 12.7. The fourth-order valence-electron chi connectivity index (χ4n) is 4.17. The highest BCUT2D eigenvalue weighted by atomic mass is 127. The number of anilines is 3. The lowest BCUT2D eigenvalue weighted by molar-refractivity contribution is -0.118. The van der Waals surface area contributed by atoms with Gasteiger partial charge in [-0.2, -0.15) is 5.10 Å². The van der Waals surface area contributed by atoms with Crippen molar-refractivity contribution in [3.05, 3.63) is 117 Å². The highest BCUT2D eigenvalue weighted by Crippen LogP contribution is 2.34. The van der Waals surface area contributed by atoms with E-state index in [1.54, 1.807) is 18.2 Å². The molecule has 5 aromatic rings. The molecule has 2 amide bonds. The van der Waals surface area contributed by atoms with E-state index < -0.39 is 0 Å².